The smallest absolute Gasteiger partial charge is 0.407 e. The summed E-state index contributed by atoms with van der Waals surface area (Å²) < 4.78 is 6.23. The van der Waals surface area contributed by atoms with Gasteiger partial charge < -0.3 is 4.42 Å². The molecule has 0 fully saturated rings. The number of aromatic nitrogens is 1. The first-order chi connectivity index (χ1) is 10.8. The number of aryl methyl sites for hydroxylation is 1. The predicted octanol–water partition coefficient (Wildman–Crippen LogP) is 4.10. The van der Waals surface area contributed by atoms with Crippen LogP contribution in [0.2, 0.25) is 0 Å². The van der Waals surface area contributed by atoms with Crippen molar-refractivity contribution in [3.8, 4) is 0 Å². The zero-order valence-electron chi connectivity index (χ0n) is 12.2. The van der Waals surface area contributed by atoms with Crippen LogP contribution in [0.1, 0.15) is 35.4 Å². The summed E-state index contributed by atoms with van der Waals surface area (Å²) >= 11 is 1.76. The minimum Gasteiger partial charge on any atom is -0.407 e. The van der Waals surface area contributed by atoms with Crippen molar-refractivity contribution in [1.82, 2.24) is 4.57 Å². The van der Waals surface area contributed by atoms with Crippen molar-refractivity contribution in [3.05, 3.63) is 57.2 Å². The van der Waals surface area contributed by atoms with Crippen LogP contribution in [0.15, 0.2) is 51.0 Å². The van der Waals surface area contributed by atoms with E-state index in [0.29, 0.717) is 17.5 Å². The SMILES string of the molecule is O=C(CCCCCc1cccs1)n1c(=O)oc2ccccc21. The quantitative estimate of drug-likeness (QED) is 0.644. The van der Waals surface area contributed by atoms with Gasteiger partial charge >= 0.3 is 5.76 Å². The van der Waals surface area contributed by atoms with E-state index in [9.17, 15) is 9.59 Å². The maximum atomic E-state index is 12.2. The average molecular weight is 315 g/mol. The molecule has 0 atom stereocenters. The van der Waals surface area contributed by atoms with Gasteiger partial charge in [-0.1, -0.05) is 24.6 Å². The number of para-hydroxylation sites is 2. The highest BCUT2D eigenvalue weighted by molar-refractivity contribution is 7.09. The molecule has 0 unspecified atom stereocenters. The Balaban J connectivity index is 1.55. The van der Waals surface area contributed by atoms with Crippen LogP contribution in [0.25, 0.3) is 11.1 Å². The van der Waals surface area contributed by atoms with Crippen LogP contribution < -0.4 is 5.76 Å². The summed E-state index contributed by atoms with van der Waals surface area (Å²) in [5.74, 6) is -0.782. The Morgan fingerprint density at radius 1 is 1.09 bits per heavy atom. The van der Waals surface area contributed by atoms with Gasteiger partial charge in [-0.3, -0.25) is 4.79 Å². The molecule has 114 valence electrons. The van der Waals surface area contributed by atoms with E-state index in [1.54, 1.807) is 35.6 Å². The average Bonchev–Trinajstić information content (AvgIpc) is 3.13. The highest BCUT2D eigenvalue weighted by atomic mass is 32.1. The van der Waals surface area contributed by atoms with Crippen LogP contribution in [0.5, 0.6) is 0 Å². The van der Waals surface area contributed by atoms with E-state index in [-0.39, 0.29) is 5.91 Å². The molecule has 0 aliphatic heterocycles. The molecule has 0 amide bonds. The Morgan fingerprint density at radius 3 is 2.77 bits per heavy atom. The van der Waals surface area contributed by atoms with Crippen molar-refractivity contribution in [2.75, 3.05) is 0 Å². The van der Waals surface area contributed by atoms with Gasteiger partial charge in [-0.15, -0.1) is 11.3 Å². The van der Waals surface area contributed by atoms with E-state index in [2.05, 4.69) is 17.5 Å². The first-order valence-electron chi connectivity index (χ1n) is 7.42. The van der Waals surface area contributed by atoms with E-state index in [0.717, 1.165) is 30.3 Å². The molecule has 22 heavy (non-hydrogen) atoms. The van der Waals surface area contributed by atoms with Crippen LogP contribution in [0.4, 0.5) is 0 Å². The second-order valence-electron chi connectivity index (χ2n) is 5.20. The van der Waals surface area contributed by atoms with E-state index in [1.807, 2.05) is 0 Å². The van der Waals surface area contributed by atoms with Gasteiger partial charge in [0.1, 0.15) is 0 Å². The lowest BCUT2D eigenvalue weighted by Gasteiger charge is -2.01. The Labute approximate surface area is 132 Å². The molecule has 5 heteroatoms. The van der Waals surface area contributed by atoms with Crippen LogP contribution in [-0.4, -0.2) is 10.5 Å². The Bertz CT molecular complexity index is 814. The molecule has 4 nitrogen and oxygen atoms in total. The van der Waals surface area contributed by atoms with Gasteiger partial charge in [0, 0.05) is 11.3 Å². The molecule has 0 radical (unpaired) electrons. The molecule has 0 saturated carbocycles. The van der Waals surface area contributed by atoms with Crippen molar-refractivity contribution in [2.24, 2.45) is 0 Å². The molecule has 0 bridgehead atoms. The lowest BCUT2D eigenvalue weighted by molar-refractivity contribution is 0.0895. The van der Waals surface area contributed by atoms with Gasteiger partial charge in [0.25, 0.3) is 0 Å². The first kappa shape index (κ1) is 14.8. The zero-order valence-corrected chi connectivity index (χ0v) is 13.0. The number of nitrogens with zero attached hydrogens (tertiary/aromatic N) is 1. The van der Waals surface area contributed by atoms with Crippen molar-refractivity contribution in [2.45, 2.75) is 32.1 Å². The third-order valence-corrected chi connectivity index (χ3v) is 4.57. The summed E-state index contributed by atoms with van der Waals surface area (Å²) in [5, 5.41) is 2.08. The number of hydrogen-bond acceptors (Lipinski definition) is 4. The van der Waals surface area contributed by atoms with Crippen LogP contribution in [0.3, 0.4) is 0 Å². The number of hydrogen-bond donors (Lipinski definition) is 0. The second kappa shape index (κ2) is 6.75. The number of benzene rings is 1. The normalized spacial score (nSPS) is 11.1. The fraction of sp³-hybridized carbons (Fsp3) is 0.294. The van der Waals surface area contributed by atoms with Gasteiger partial charge in [0.2, 0.25) is 5.91 Å². The van der Waals surface area contributed by atoms with Gasteiger partial charge in [-0.25, -0.2) is 9.36 Å². The third-order valence-electron chi connectivity index (χ3n) is 3.63. The zero-order chi connectivity index (χ0) is 15.4. The van der Waals surface area contributed by atoms with E-state index < -0.39 is 5.76 Å². The molecular weight excluding hydrogens is 298 g/mol. The molecule has 2 heterocycles. The molecular formula is C17H17NO3S. The molecule has 0 aliphatic rings. The Hall–Kier alpha value is -2.14. The molecule has 0 aliphatic carbocycles. The van der Waals surface area contributed by atoms with Crippen LogP contribution in [-0.2, 0) is 6.42 Å². The molecule has 3 rings (SSSR count). The largest absolute Gasteiger partial charge is 0.426 e. The summed E-state index contributed by atoms with van der Waals surface area (Å²) in [5.41, 5.74) is 1.01. The van der Waals surface area contributed by atoms with Gasteiger partial charge in [-0.05, 0) is 42.8 Å². The second-order valence-corrected chi connectivity index (χ2v) is 6.24. The Kier molecular flexibility index (Phi) is 4.53. The molecule has 2 aromatic heterocycles. The van der Waals surface area contributed by atoms with Crippen molar-refractivity contribution in [3.63, 3.8) is 0 Å². The van der Waals surface area contributed by atoms with Crippen molar-refractivity contribution < 1.29 is 9.21 Å². The summed E-state index contributed by atoms with van der Waals surface area (Å²) in [4.78, 5) is 25.4. The number of fused-ring (bicyclic) bond motifs is 1. The van der Waals surface area contributed by atoms with Crippen molar-refractivity contribution in [1.29, 1.82) is 0 Å². The third kappa shape index (κ3) is 3.20. The van der Waals surface area contributed by atoms with Gasteiger partial charge in [0.15, 0.2) is 5.58 Å². The standard InChI is InChI=1S/C17H17NO3S/c19-16(11-3-1-2-7-13-8-6-12-22-13)18-14-9-4-5-10-15(14)21-17(18)20/h4-6,8-10,12H,1-3,7,11H2. The highest BCUT2D eigenvalue weighted by Gasteiger charge is 2.14. The van der Waals surface area contributed by atoms with Gasteiger partial charge in [-0.2, -0.15) is 0 Å². The monoisotopic (exact) mass is 315 g/mol. The minimum absolute atomic E-state index is 0.189. The number of rotatable bonds is 6. The molecule has 0 spiro atoms. The van der Waals surface area contributed by atoms with E-state index in [1.165, 1.54) is 4.88 Å². The number of unbranched alkanes of at least 4 members (excludes halogenated alkanes) is 2. The number of thiophene rings is 1. The predicted molar refractivity (Wildman–Crippen MR) is 87.6 cm³/mol. The topological polar surface area (TPSA) is 52.2 Å². The summed E-state index contributed by atoms with van der Waals surface area (Å²) in [6.45, 7) is 0. The molecule has 3 aromatic rings. The first-order valence-corrected chi connectivity index (χ1v) is 8.30. The lowest BCUT2D eigenvalue weighted by atomic mass is 10.1. The number of carbonyl (C=O) groups is 1. The van der Waals surface area contributed by atoms with Crippen molar-refractivity contribution >= 4 is 28.3 Å². The van der Waals surface area contributed by atoms with Crippen LogP contribution >= 0.6 is 11.3 Å². The van der Waals surface area contributed by atoms with E-state index >= 15 is 0 Å². The molecule has 0 N–H and O–H groups in total. The fourth-order valence-corrected chi connectivity index (χ4v) is 3.27. The van der Waals surface area contributed by atoms with Crippen LogP contribution in [0, 0.1) is 0 Å². The molecule has 0 saturated heterocycles. The summed E-state index contributed by atoms with van der Waals surface area (Å²) in [6, 6.07) is 11.2. The lowest BCUT2D eigenvalue weighted by Crippen LogP contribution is -2.22. The summed E-state index contributed by atoms with van der Waals surface area (Å²) in [7, 11) is 0. The highest BCUT2D eigenvalue weighted by Crippen LogP contribution is 2.15. The maximum absolute atomic E-state index is 12.2. The minimum atomic E-state index is -0.593. The van der Waals surface area contributed by atoms with E-state index in [4.69, 9.17) is 4.42 Å². The number of carbonyl (C=O) groups excluding carboxylic acids is 1. The fourth-order valence-electron chi connectivity index (χ4n) is 2.52. The van der Waals surface area contributed by atoms with Gasteiger partial charge in [0.05, 0.1) is 5.52 Å². The maximum Gasteiger partial charge on any atom is 0.426 e. The number of oxazole rings is 1. The molecule has 1 aromatic carbocycles. The summed E-state index contributed by atoms with van der Waals surface area (Å²) in [6.07, 6.45) is 4.26. The Morgan fingerprint density at radius 2 is 1.95 bits per heavy atom.